The summed E-state index contributed by atoms with van der Waals surface area (Å²) < 4.78 is 5.88. The Morgan fingerprint density at radius 1 is 1.21 bits per heavy atom. The van der Waals surface area contributed by atoms with E-state index in [1.165, 1.54) is 6.08 Å². The van der Waals surface area contributed by atoms with Crippen molar-refractivity contribution in [1.29, 1.82) is 0 Å². The van der Waals surface area contributed by atoms with Crippen LogP contribution in [0.1, 0.15) is 55.9 Å². The number of rotatable bonds is 5. The Balaban J connectivity index is 1.87. The first-order valence-corrected chi connectivity index (χ1v) is 9.87. The molecule has 0 radical (unpaired) electrons. The Bertz CT molecular complexity index is 933. The second kappa shape index (κ2) is 8.61. The van der Waals surface area contributed by atoms with Crippen LogP contribution in [0.3, 0.4) is 0 Å². The van der Waals surface area contributed by atoms with Crippen molar-refractivity contribution in [2.45, 2.75) is 45.6 Å². The summed E-state index contributed by atoms with van der Waals surface area (Å²) in [7, 11) is 0. The van der Waals surface area contributed by atoms with Crippen LogP contribution in [-0.2, 0) is 20.7 Å². The number of nitrogens with one attached hydrogen (secondary N) is 1. The standard InChI is InChI=1S/C23H24ClNO3/c1-4-15-8-7-10-17(14(2)3)22(15)25-23(27)21-13-16(26)12-20(28-21)18-9-5-6-11-19(18)24/h5-11,13-14,20H,4,12H2,1-3H3,(H,25,27)/t20-/m0/s1. The average Bonchev–Trinajstić information content (AvgIpc) is 2.67. The molecule has 1 aliphatic rings. The molecule has 0 aliphatic carbocycles. The number of carbonyl (C=O) groups is 2. The molecular formula is C23H24ClNO3. The quantitative estimate of drug-likeness (QED) is 0.716. The molecule has 3 rings (SSSR count). The van der Waals surface area contributed by atoms with Crippen molar-refractivity contribution in [2.75, 3.05) is 5.32 Å². The van der Waals surface area contributed by atoms with Crippen LogP contribution >= 0.6 is 11.6 Å². The SMILES string of the molecule is CCc1cccc(C(C)C)c1NC(=O)C1=CC(=O)C[C@@H](c2ccccc2Cl)O1. The van der Waals surface area contributed by atoms with E-state index in [2.05, 4.69) is 19.2 Å². The molecule has 4 nitrogen and oxygen atoms in total. The van der Waals surface area contributed by atoms with Gasteiger partial charge in [0.1, 0.15) is 6.10 Å². The van der Waals surface area contributed by atoms with Gasteiger partial charge in [0.15, 0.2) is 11.5 Å². The van der Waals surface area contributed by atoms with E-state index in [0.717, 1.165) is 23.2 Å². The van der Waals surface area contributed by atoms with Crippen LogP contribution in [0.4, 0.5) is 5.69 Å². The van der Waals surface area contributed by atoms with Crippen molar-refractivity contribution in [2.24, 2.45) is 0 Å². The van der Waals surface area contributed by atoms with Crippen molar-refractivity contribution in [3.05, 3.63) is 76.0 Å². The normalized spacial score (nSPS) is 16.5. The van der Waals surface area contributed by atoms with Crippen LogP contribution < -0.4 is 5.32 Å². The molecule has 146 valence electrons. The van der Waals surface area contributed by atoms with Gasteiger partial charge in [-0.2, -0.15) is 0 Å². The molecule has 0 bridgehead atoms. The summed E-state index contributed by atoms with van der Waals surface area (Å²) in [5.41, 5.74) is 3.59. The van der Waals surface area contributed by atoms with E-state index in [1.807, 2.05) is 43.3 Å². The van der Waals surface area contributed by atoms with E-state index in [0.29, 0.717) is 10.6 Å². The van der Waals surface area contributed by atoms with Gasteiger partial charge in [0, 0.05) is 22.3 Å². The van der Waals surface area contributed by atoms with Crippen LogP contribution in [-0.4, -0.2) is 11.7 Å². The number of para-hydroxylation sites is 1. The molecule has 28 heavy (non-hydrogen) atoms. The van der Waals surface area contributed by atoms with Gasteiger partial charge in [0.25, 0.3) is 5.91 Å². The summed E-state index contributed by atoms with van der Waals surface area (Å²) in [6, 6.07) is 13.2. The Morgan fingerprint density at radius 3 is 2.64 bits per heavy atom. The van der Waals surface area contributed by atoms with Gasteiger partial charge in [0.2, 0.25) is 0 Å². The average molecular weight is 398 g/mol. The zero-order valence-electron chi connectivity index (χ0n) is 16.3. The van der Waals surface area contributed by atoms with Crippen molar-refractivity contribution >= 4 is 29.0 Å². The first kappa shape index (κ1) is 20.2. The second-order valence-corrected chi connectivity index (χ2v) is 7.56. The largest absolute Gasteiger partial charge is 0.479 e. The highest BCUT2D eigenvalue weighted by Crippen LogP contribution is 2.34. The first-order chi connectivity index (χ1) is 13.4. The molecule has 0 aromatic heterocycles. The first-order valence-electron chi connectivity index (χ1n) is 9.49. The maximum atomic E-state index is 12.9. The molecular weight excluding hydrogens is 374 g/mol. The van der Waals surface area contributed by atoms with E-state index in [9.17, 15) is 9.59 Å². The maximum Gasteiger partial charge on any atom is 0.290 e. The summed E-state index contributed by atoms with van der Waals surface area (Å²) >= 11 is 6.25. The number of benzene rings is 2. The second-order valence-electron chi connectivity index (χ2n) is 7.15. The number of halogens is 1. The summed E-state index contributed by atoms with van der Waals surface area (Å²) in [4.78, 5) is 25.2. The van der Waals surface area contributed by atoms with Crippen LogP contribution in [0.2, 0.25) is 5.02 Å². The third-order valence-corrected chi connectivity index (χ3v) is 5.19. The van der Waals surface area contributed by atoms with Gasteiger partial charge in [0.05, 0.1) is 6.42 Å². The molecule has 0 unspecified atom stereocenters. The topological polar surface area (TPSA) is 55.4 Å². The van der Waals surface area contributed by atoms with Crippen molar-refractivity contribution in [3.8, 4) is 0 Å². The minimum absolute atomic E-state index is 0.0155. The van der Waals surface area contributed by atoms with Crippen LogP contribution in [0.5, 0.6) is 0 Å². The van der Waals surface area contributed by atoms with E-state index < -0.39 is 12.0 Å². The van der Waals surface area contributed by atoms with Crippen LogP contribution in [0.15, 0.2) is 54.3 Å². The molecule has 0 spiro atoms. The van der Waals surface area contributed by atoms with E-state index in [1.54, 1.807) is 6.07 Å². The zero-order chi connectivity index (χ0) is 20.3. The number of hydrogen-bond acceptors (Lipinski definition) is 3. The molecule has 2 aromatic rings. The number of anilines is 1. The fourth-order valence-corrected chi connectivity index (χ4v) is 3.63. The lowest BCUT2D eigenvalue weighted by Crippen LogP contribution is -2.25. The minimum Gasteiger partial charge on any atom is -0.479 e. The zero-order valence-corrected chi connectivity index (χ0v) is 17.0. The van der Waals surface area contributed by atoms with Gasteiger partial charge in [-0.05, 0) is 29.5 Å². The lowest BCUT2D eigenvalue weighted by atomic mass is 9.96. The Labute approximate surface area is 170 Å². The Morgan fingerprint density at radius 2 is 1.96 bits per heavy atom. The highest BCUT2D eigenvalue weighted by Gasteiger charge is 2.29. The third kappa shape index (κ3) is 4.28. The predicted octanol–water partition coefficient (Wildman–Crippen LogP) is 5.58. The highest BCUT2D eigenvalue weighted by atomic mass is 35.5. The van der Waals surface area contributed by atoms with Crippen LogP contribution in [0, 0.1) is 0 Å². The van der Waals surface area contributed by atoms with Gasteiger partial charge < -0.3 is 10.1 Å². The fourth-order valence-electron chi connectivity index (χ4n) is 3.37. The van der Waals surface area contributed by atoms with E-state index in [-0.39, 0.29) is 23.9 Å². The van der Waals surface area contributed by atoms with E-state index >= 15 is 0 Å². The van der Waals surface area contributed by atoms with Crippen LogP contribution in [0.25, 0.3) is 0 Å². The fraction of sp³-hybridized carbons (Fsp3) is 0.304. The lowest BCUT2D eigenvalue weighted by molar-refractivity contribution is -0.124. The summed E-state index contributed by atoms with van der Waals surface area (Å²) in [5.74, 6) is -0.315. The number of carbonyl (C=O) groups excluding carboxylic acids is 2. The predicted molar refractivity (Wildman–Crippen MR) is 112 cm³/mol. The number of allylic oxidation sites excluding steroid dienone is 1. The number of ketones is 1. The van der Waals surface area contributed by atoms with Crippen molar-refractivity contribution < 1.29 is 14.3 Å². The molecule has 2 aromatic carbocycles. The summed E-state index contributed by atoms with van der Waals surface area (Å²) in [6.07, 6.45) is 1.64. The van der Waals surface area contributed by atoms with Gasteiger partial charge in [-0.25, -0.2) is 0 Å². The molecule has 1 aliphatic heterocycles. The summed E-state index contributed by atoms with van der Waals surface area (Å²) in [5, 5.41) is 3.49. The third-order valence-electron chi connectivity index (χ3n) is 4.85. The van der Waals surface area contributed by atoms with Crippen molar-refractivity contribution in [1.82, 2.24) is 0 Å². The monoisotopic (exact) mass is 397 g/mol. The van der Waals surface area contributed by atoms with E-state index in [4.69, 9.17) is 16.3 Å². The maximum absolute atomic E-state index is 12.9. The Kier molecular flexibility index (Phi) is 6.20. The molecule has 0 fully saturated rings. The molecule has 0 saturated heterocycles. The molecule has 1 heterocycles. The van der Waals surface area contributed by atoms with Gasteiger partial charge in [-0.3, -0.25) is 9.59 Å². The van der Waals surface area contributed by atoms with Gasteiger partial charge in [-0.1, -0.05) is 68.8 Å². The number of amides is 1. The number of hydrogen-bond donors (Lipinski definition) is 1. The summed E-state index contributed by atoms with van der Waals surface area (Å²) in [6.45, 7) is 6.21. The molecule has 5 heteroatoms. The highest BCUT2D eigenvalue weighted by molar-refractivity contribution is 6.31. The lowest BCUT2D eigenvalue weighted by Gasteiger charge is -2.25. The van der Waals surface area contributed by atoms with Gasteiger partial charge in [-0.15, -0.1) is 0 Å². The van der Waals surface area contributed by atoms with Crippen molar-refractivity contribution in [3.63, 3.8) is 0 Å². The molecule has 1 atom stereocenters. The minimum atomic E-state index is -0.571. The van der Waals surface area contributed by atoms with Gasteiger partial charge >= 0.3 is 0 Å². The number of aryl methyl sites for hydroxylation is 1. The molecule has 1 N–H and O–H groups in total. The molecule has 1 amide bonds. The smallest absolute Gasteiger partial charge is 0.290 e. The molecule has 0 saturated carbocycles. The Hall–Kier alpha value is -2.59. The number of ether oxygens (including phenoxy) is 1.